The zero-order valence-electron chi connectivity index (χ0n) is 9.87. The Bertz CT molecular complexity index is 380. The number of ether oxygens (including phenoxy) is 1. The van der Waals surface area contributed by atoms with Crippen molar-refractivity contribution in [3.05, 3.63) is 34.3 Å². The third-order valence-corrected chi connectivity index (χ3v) is 3.16. The highest BCUT2D eigenvalue weighted by Crippen LogP contribution is 2.23. The molecule has 4 nitrogen and oxygen atoms in total. The fourth-order valence-corrected chi connectivity index (χ4v) is 1.75. The van der Waals surface area contributed by atoms with E-state index in [4.69, 9.17) is 4.74 Å². The molecule has 0 aliphatic carbocycles. The van der Waals surface area contributed by atoms with E-state index in [0.29, 0.717) is 18.7 Å². The van der Waals surface area contributed by atoms with Crippen LogP contribution in [0.5, 0.6) is 0 Å². The van der Waals surface area contributed by atoms with Crippen LogP contribution in [0.1, 0.15) is 12.5 Å². The first-order valence-electron chi connectivity index (χ1n) is 5.24. The average Bonchev–Trinajstić information content (AvgIpc) is 2.29. The molecule has 0 aliphatic rings. The van der Waals surface area contributed by atoms with Crippen LogP contribution in [-0.2, 0) is 15.1 Å². The lowest BCUT2D eigenvalue weighted by molar-refractivity contribution is -0.144. The summed E-state index contributed by atoms with van der Waals surface area (Å²) in [5.41, 5.74) is -0.386. The lowest BCUT2D eigenvalue weighted by atomic mass is 9.92. The van der Waals surface area contributed by atoms with Crippen molar-refractivity contribution < 1.29 is 14.6 Å². The molecule has 1 aromatic carbocycles. The topological polar surface area (TPSA) is 58.6 Å². The molecule has 0 aliphatic heterocycles. The number of hydrogen-bond acceptors (Lipinski definition) is 3. The van der Waals surface area contributed by atoms with Crippen LogP contribution in [0, 0.1) is 0 Å². The maximum Gasteiger partial charge on any atom is 0.328 e. The minimum absolute atomic E-state index is 0.472. The summed E-state index contributed by atoms with van der Waals surface area (Å²) in [6, 6.07) is 7.24. The highest BCUT2D eigenvalue weighted by molar-refractivity contribution is 9.10. The van der Waals surface area contributed by atoms with Gasteiger partial charge in [-0.1, -0.05) is 28.1 Å². The lowest BCUT2D eigenvalue weighted by Crippen LogP contribution is -2.47. The largest absolute Gasteiger partial charge is 0.480 e. The number of methoxy groups -OCH3 is 1. The van der Waals surface area contributed by atoms with Crippen molar-refractivity contribution in [3.63, 3.8) is 0 Å². The van der Waals surface area contributed by atoms with Crippen LogP contribution in [0.3, 0.4) is 0 Å². The Morgan fingerprint density at radius 3 is 2.53 bits per heavy atom. The molecular formula is C12H16BrNO3. The van der Waals surface area contributed by atoms with Gasteiger partial charge in [0.1, 0.15) is 5.54 Å². The molecule has 0 amide bonds. The first-order chi connectivity index (χ1) is 8.00. The molecule has 0 saturated heterocycles. The number of carboxylic acids is 1. The van der Waals surface area contributed by atoms with Gasteiger partial charge in [-0.2, -0.15) is 0 Å². The van der Waals surface area contributed by atoms with Crippen LogP contribution >= 0.6 is 15.9 Å². The van der Waals surface area contributed by atoms with Gasteiger partial charge in [-0.3, -0.25) is 5.32 Å². The van der Waals surface area contributed by atoms with Crippen molar-refractivity contribution in [1.82, 2.24) is 5.32 Å². The number of benzene rings is 1. The summed E-state index contributed by atoms with van der Waals surface area (Å²) < 4.78 is 5.83. The molecule has 0 fully saturated rings. The zero-order chi connectivity index (χ0) is 12.9. The van der Waals surface area contributed by atoms with E-state index in [1.807, 2.05) is 12.1 Å². The number of carboxylic acid groups (broad SMARTS) is 1. The van der Waals surface area contributed by atoms with E-state index >= 15 is 0 Å². The number of aliphatic carboxylic acids is 1. The molecule has 94 valence electrons. The maximum absolute atomic E-state index is 11.4. The predicted molar refractivity (Wildman–Crippen MR) is 69.0 cm³/mol. The Morgan fingerprint density at radius 1 is 1.47 bits per heavy atom. The standard InChI is InChI=1S/C12H16BrNO3/c1-12(11(15)16,14-7-8-17-2)9-3-5-10(13)6-4-9/h3-6,14H,7-8H2,1-2H3,(H,15,16). The Kier molecular flexibility index (Phi) is 5.11. The van der Waals surface area contributed by atoms with Crippen molar-refractivity contribution in [2.45, 2.75) is 12.5 Å². The molecule has 2 N–H and O–H groups in total. The summed E-state index contributed by atoms with van der Waals surface area (Å²) in [7, 11) is 1.58. The number of halogens is 1. The summed E-state index contributed by atoms with van der Waals surface area (Å²) in [5, 5.41) is 12.3. The van der Waals surface area contributed by atoms with E-state index in [1.54, 1.807) is 26.2 Å². The van der Waals surface area contributed by atoms with Gasteiger partial charge in [-0.15, -0.1) is 0 Å². The predicted octanol–water partition coefficient (Wildman–Crippen LogP) is 1.98. The van der Waals surface area contributed by atoms with Crippen molar-refractivity contribution >= 4 is 21.9 Å². The van der Waals surface area contributed by atoms with Gasteiger partial charge in [0.05, 0.1) is 6.61 Å². The van der Waals surface area contributed by atoms with Gasteiger partial charge < -0.3 is 9.84 Å². The van der Waals surface area contributed by atoms with Crippen LogP contribution in [0.25, 0.3) is 0 Å². The Balaban J connectivity index is 2.90. The highest BCUT2D eigenvalue weighted by Gasteiger charge is 2.34. The number of nitrogens with one attached hydrogen (secondary N) is 1. The minimum Gasteiger partial charge on any atom is -0.480 e. The summed E-state index contributed by atoms with van der Waals surface area (Å²) in [4.78, 5) is 11.4. The summed E-state index contributed by atoms with van der Waals surface area (Å²) >= 11 is 3.33. The molecule has 17 heavy (non-hydrogen) atoms. The molecule has 5 heteroatoms. The molecular weight excluding hydrogens is 286 g/mol. The molecule has 0 spiro atoms. The molecule has 1 unspecified atom stereocenters. The maximum atomic E-state index is 11.4. The molecule has 0 radical (unpaired) electrons. The highest BCUT2D eigenvalue weighted by atomic mass is 79.9. The monoisotopic (exact) mass is 301 g/mol. The van der Waals surface area contributed by atoms with Crippen molar-refractivity contribution in [3.8, 4) is 0 Å². The van der Waals surface area contributed by atoms with Crippen LogP contribution in [0.2, 0.25) is 0 Å². The SMILES string of the molecule is COCCNC(C)(C(=O)O)c1ccc(Br)cc1. The molecule has 0 heterocycles. The van der Waals surface area contributed by atoms with Gasteiger partial charge in [0.15, 0.2) is 0 Å². The van der Waals surface area contributed by atoms with Crippen LogP contribution < -0.4 is 5.32 Å². The molecule has 1 atom stereocenters. The molecule has 1 aromatic rings. The fraction of sp³-hybridized carbons (Fsp3) is 0.417. The van der Waals surface area contributed by atoms with E-state index in [0.717, 1.165) is 4.47 Å². The number of rotatable bonds is 6. The van der Waals surface area contributed by atoms with E-state index in [-0.39, 0.29) is 0 Å². The third-order valence-electron chi connectivity index (χ3n) is 2.63. The average molecular weight is 302 g/mol. The second-order valence-corrected chi connectivity index (χ2v) is 4.77. The van der Waals surface area contributed by atoms with E-state index in [1.165, 1.54) is 0 Å². The van der Waals surface area contributed by atoms with E-state index in [2.05, 4.69) is 21.2 Å². The van der Waals surface area contributed by atoms with E-state index < -0.39 is 11.5 Å². The Labute approximate surface area is 109 Å². The fourth-order valence-electron chi connectivity index (χ4n) is 1.49. The Morgan fingerprint density at radius 2 is 2.06 bits per heavy atom. The third kappa shape index (κ3) is 3.52. The second kappa shape index (κ2) is 6.14. The normalized spacial score (nSPS) is 14.3. The first kappa shape index (κ1) is 14.2. The van der Waals surface area contributed by atoms with Gasteiger partial charge in [0.25, 0.3) is 0 Å². The number of hydrogen-bond donors (Lipinski definition) is 2. The van der Waals surface area contributed by atoms with Crippen LogP contribution in [0.15, 0.2) is 28.7 Å². The van der Waals surface area contributed by atoms with Gasteiger partial charge in [-0.05, 0) is 24.6 Å². The zero-order valence-corrected chi connectivity index (χ0v) is 11.5. The lowest BCUT2D eigenvalue weighted by Gasteiger charge is -2.26. The smallest absolute Gasteiger partial charge is 0.328 e. The van der Waals surface area contributed by atoms with Crippen molar-refractivity contribution in [2.24, 2.45) is 0 Å². The quantitative estimate of drug-likeness (QED) is 0.789. The van der Waals surface area contributed by atoms with E-state index in [9.17, 15) is 9.90 Å². The molecule has 1 rings (SSSR count). The molecule has 0 aromatic heterocycles. The second-order valence-electron chi connectivity index (χ2n) is 3.86. The van der Waals surface area contributed by atoms with Gasteiger partial charge in [-0.25, -0.2) is 4.79 Å². The van der Waals surface area contributed by atoms with Gasteiger partial charge in [0, 0.05) is 18.1 Å². The van der Waals surface area contributed by atoms with Gasteiger partial charge in [0.2, 0.25) is 0 Å². The van der Waals surface area contributed by atoms with Crippen molar-refractivity contribution in [2.75, 3.05) is 20.3 Å². The summed E-state index contributed by atoms with van der Waals surface area (Å²) in [5.74, 6) is -0.907. The Hall–Kier alpha value is -0.910. The summed E-state index contributed by atoms with van der Waals surface area (Å²) in [6.45, 7) is 2.60. The van der Waals surface area contributed by atoms with Gasteiger partial charge >= 0.3 is 5.97 Å². The molecule has 0 saturated carbocycles. The molecule has 0 bridgehead atoms. The first-order valence-corrected chi connectivity index (χ1v) is 6.03. The van der Waals surface area contributed by atoms with Crippen molar-refractivity contribution in [1.29, 1.82) is 0 Å². The summed E-state index contributed by atoms with van der Waals surface area (Å²) in [6.07, 6.45) is 0. The van der Waals surface area contributed by atoms with Crippen LogP contribution in [0.4, 0.5) is 0 Å². The van der Waals surface area contributed by atoms with Crippen LogP contribution in [-0.4, -0.2) is 31.3 Å². The minimum atomic E-state index is -1.10. The number of carbonyl (C=O) groups is 1.